The smallest absolute Gasteiger partial charge is 0.0420 e. The molecule has 0 aliphatic carbocycles. The van der Waals surface area contributed by atoms with Crippen molar-refractivity contribution in [3.63, 3.8) is 0 Å². The van der Waals surface area contributed by atoms with Crippen LogP contribution in [-0.4, -0.2) is 12.5 Å². The fourth-order valence-electron chi connectivity index (χ4n) is 1.26. The summed E-state index contributed by atoms with van der Waals surface area (Å²) in [5.74, 6) is -1.19. The van der Waals surface area contributed by atoms with Crippen LogP contribution in [0.3, 0.4) is 0 Å². The molecule has 0 aromatic heterocycles. The van der Waals surface area contributed by atoms with E-state index in [1.807, 2.05) is 30.3 Å². The first kappa shape index (κ1) is 9.74. The topological polar surface area (TPSA) is 66.2 Å². The van der Waals surface area contributed by atoms with Gasteiger partial charge in [0.25, 0.3) is 0 Å². The largest absolute Gasteiger partial charge is 0.550 e. The zero-order valence-electron chi connectivity index (χ0n) is 7.27. The molecule has 0 amide bonds. The molecule has 3 nitrogen and oxygen atoms in total. The average Bonchev–Trinajstić information content (AvgIpc) is 2.15. The summed E-state index contributed by atoms with van der Waals surface area (Å²) in [5, 5.41) is 10.4. The molecule has 1 rings (SSSR count). The van der Waals surface area contributed by atoms with Crippen molar-refractivity contribution >= 4 is 5.97 Å². The van der Waals surface area contributed by atoms with E-state index in [2.05, 4.69) is 0 Å². The minimum absolute atomic E-state index is 0.0134. The van der Waals surface area contributed by atoms with Gasteiger partial charge >= 0.3 is 0 Å². The lowest BCUT2D eigenvalue weighted by atomic mass is 9.96. The summed E-state index contributed by atoms with van der Waals surface area (Å²) in [6.45, 7) is 0.331. The maximum Gasteiger partial charge on any atom is 0.0420 e. The van der Waals surface area contributed by atoms with Crippen LogP contribution in [0, 0.1) is 0 Å². The van der Waals surface area contributed by atoms with Crippen LogP contribution in [0.4, 0.5) is 0 Å². The van der Waals surface area contributed by atoms with E-state index in [9.17, 15) is 9.90 Å². The summed E-state index contributed by atoms with van der Waals surface area (Å²) in [6.07, 6.45) is -0.0134. The highest BCUT2D eigenvalue weighted by Gasteiger charge is 2.08. The van der Waals surface area contributed by atoms with Crippen LogP contribution in [0.5, 0.6) is 0 Å². The highest BCUT2D eigenvalue weighted by Crippen LogP contribution is 2.16. The number of hydrogen-bond donors (Lipinski definition) is 1. The van der Waals surface area contributed by atoms with Gasteiger partial charge in [-0.15, -0.1) is 0 Å². The molecule has 1 unspecified atom stereocenters. The quantitative estimate of drug-likeness (QED) is 0.698. The summed E-state index contributed by atoms with van der Waals surface area (Å²) >= 11 is 0. The van der Waals surface area contributed by atoms with Gasteiger partial charge in [0.15, 0.2) is 0 Å². The molecule has 0 spiro atoms. The molecule has 1 atom stereocenters. The fourth-order valence-corrected chi connectivity index (χ4v) is 1.26. The van der Waals surface area contributed by atoms with Crippen LogP contribution < -0.4 is 10.8 Å². The van der Waals surface area contributed by atoms with Gasteiger partial charge in [-0.25, -0.2) is 0 Å². The van der Waals surface area contributed by atoms with E-state index in [-0.39, 0.29) is 12.3 Å². The van der Waals surface area contributed by atoms with Crippen molar-refractivity contribution in [3.8, 4) is 0 Å². The van der Waals surface area contributed by atoms with Crippen LogP contribution >= 0.6 is 0 Å². The molecule has 3 heteroatoms. The summed E-state index contributed by atoms with van der Waals surface area (Å²) in [7, 11) is 0. The molecule has 13 heavy (non-hydrogen) atoms. The van der Waals surface area contributed by atoms with Crippen LogP contribution in [0.1, 0.15) is 17.9 Å². The maximum atomic E-state index is 10.4. The Morgan fingerprint density at radius 2 is 2.00 bits per heavy atom. The highest BCUT2D eigenvalue weighted by molar-refractivity contribution is 5.65. The van der Waals surface area contributed by atoms with E-state index in [1.165, 1.54) is 0 Å². The van der Waals surface area contributed by atoms with Gasteiger partial charge in [0, 0.05) is 11.9 Å². The van der Waals surface area contributed by atoms with Gasteiger partial charge in [0.2, 0.25) is 0 Å². The molecule has 70 valence electrons. The number of aliphatic carboxylic acids is 1. The van der Waals surface area contributed by atoms with Crippen molar-refractivity contribution in [1.82, 2.24) is 0 Å². The molecule has 0 fully saturated rings. The van der Waals surface area contributed by atoms with Crippen molar-refractivity contribution in [2.45, 2.75) is 12.3 Å². The first-order valence-electron chi connectivity index (χ1n) is 4.19. The Kier molecular flexibility index (Phi) is 3.46. The van der Waals surface area contributed by atoms with E-state index in [0.29, 0.717) is 6.54 Å². The molecule has 0 aliphatic rings. The third-order valence-electron chi connectivity index (χ3n) is 1.97. The average molecular weight is 178 g/mol. The number of carboxylic acid groups (broad SMARTS) is 1. The minimum atomic E-state index is -1.06. The first-order valence-corrected chi connectivity index (χ1v) is 4.19. The summed E-state index contributed by atoms with van der Waals surface area (Å²) < 4.78 is 0. The second-order valence-electron chi connectivity index (χ2n) is 2.92. The van der Waals surface area contributed by atoms with Gasteiger partial charge in [0.1, 0.15) is 0 Å². The first-order chi connectivity index (χ1) is 6.24. The van der Waals surface area contributed by atoms with Crippen LogP contribution in [0.15, 0.2) is 30.3 Å². The Morgan fingerprint density at radius 3 is 2.46 bits per heavy atom. The Bertz CT molecular complexity index is 272. The third-order valence-corrected chi connectivity index (χ3v) is 1.97. The number of carbonyl (C=O) groups is 1. The Labute approximate surface area is 77.2 Å². The summed E-state index contributed by atoms with van der Waals surface area (Å²) in [6, 6.07) is 9.37. The predicted molar refractivity (Wildman–Crippen MR) is 47.9 cm³/mol. The van der Waals surface area contributed by atoms with E-state index >= 15 is 0 Å². The number of rotatable bonds is 4. The normalized spacial score (nSPS) is 12.4. The molecule has 1 aromatic carbocycles. The van der Waals surface area contributed by atoms with Crippen molar-refractivity contribution in [2.75, 3.05) is 6.54 Å². The summed E-state index contributed by atoms with van der Waals surface area (Å²) in [5.41, 5.74) is 6.41. The fraction of sp³-hybridized carbons (Fsp3) is 0.300. The van der Waals surface area contributed by atoms with E-state index in [0.717, 1.165) is 5.56 Å². The lowest BCUT2D eigenvalue weighted by Gasteiger charge is -2.15. The Balaban J connectivity index is 2.73. The monoisotopic (exact) mass is 178 g/mol. The Morgan fingerprint density at radius 1 is 1.38 bits per heavy atom. The molecule has 0 saturated heterocycles. The maximum absolute atomic E-state index is 10.4. The minimum Gasteiger partial charge on any atom is -0.550 e. The van der Waals surface area contributed by atoms with Gasteiger partial charge in [-0.1, -0.05) is 30.3 Å². The van der Waals surface area contributed by atoms with Gasteiger partial charge in [0.05, 0.1) is 0 Å². The molecule has 0 radical (unpaired) electrons. The van der Waals surface area contributed by atoms with E-state index < -0.39 is 5.97 Å². The van der Waals surface area contributed by atoms with Gasteiger partial charge in [-0.2, -0.15) is 0 Å². The zero-order chi connectivity index (χ0) is 9.68. The van der Waals surface area contributed by atoms with Gasteiger partial charge < -0.3 is 15.6 Å². The zero-order valence-corrected chi connectivity index (χ0v) is 7.27. The molecular weight excluding hydrogens is 166 g/mol. The highest BCUT2D eigenvalue weighted by atomic mass is 16.4. The molecule has 0 saturated carbocycles. The number of nitrogens with two attached hydrogens (primary N) is 1. The molecule has 0 heterocycles. The predicted octanol–water partition coefficient (Wildman–Crippen LogP) is -0.131. The van der Waals surface area contributed by atoms with Crippen LogP contribution in [0.25, 0.3) is 0 Å². The molecule has 1 aromatic rings. The number of hydrogen-bond acceptors (Lipinski definition) is 3. The SMILES string of the molecule is NCC(CC(=O)[O-])c1ccccc1. The van der Waals surface area contributed by atoms with E-state index in [1.54, 1.807) is 0 Å². The number of benzene rings is 1. The lowest BCUT2D eigenvalue weighted by Crippen LogP contribution is -2.27. The lowest BCUT2D eigenvalue weighted by molar-refractivity contribution is -0.306. The van der Waals surface area contributed by atoms with Crippen molar-refractivity contribution in [2.24, 2.45) is 5.73 Å². The van der Waals surface area contributed by atoms with Gasteiger partial charge in [-0.05, 0) is 18.5 Å². The standard InChI is InChI=1S/C10H13NO2/c11-7-9(6-10(12)13)8-4-2-1-3-5-8/h1-5,9H,6-7,11H2,(H,12,13)/p-1. The van der Waals surface area contributed by atoms with Gasteiger partial charge in [-0.3, -0.25) is 0 Å². The van der Waals surface area contributed by atoms with Crippen molar-refractivity contribution in [1.29, 1.82) is 0 Å². The Hall–Kier alpha value is -1.35. The molecule has 0 aliphatic heterocycles. The van der Waals surface area contributed by atoms with E-state index in [4.69, 9.17) is 5.73 Å². The van der Waals surface area contributed by atoms with Crippen LogP contribution in [0.2, 0.25) is 0 Å². The summed E-state index contributed by atoms with van der Waals surface area (Å²) in [4.78, 5) is 10.4. The van der Waals surface area contributed by atoms with Crippen molar-refractivity contribution < 1.29 is 9.90 Å². The second kappa shape index (κ2) is 4.62. The van der Waals surface area contributed by atoms with Crippen LogP contribution in [-0.2, 0) is 4.79 Å². The number of carboxylic acids is 1. The molecule has 0 bridgehead atoms. The third kappa shape index (κ3) is 2.87. The van der Waals surface area contributed by atoms with Crippen molar-refractivity contribution in [3.05, 3.63) is 35.9 Å². The second-order valence-corrected chi connectivity index (χ2v) is 2.92. The number of carbonyl (C=O) groups excluding carboxylic acids is 1. The molecule has 2 N–H and O–H groups in total. The molecular formula is C10H12NO2-.